The van der Waals surface area contributed by atoms with Crippen molar-refractivity contribution in [2.24, 2.45) is 0 Å². The monoisotopic (exact) mass is 308 g/mol. The zero-order chi connectivity index (χ0) is 14.5. The van der Waals surface area contributed by atoms with Gasteiger partial charge in [-0.05, 0) is 29.7 Å². The molecule has 2 aromatic rings. The van der Waals surface area contributed by atoms with E-state index in [1.54, 1.807) is 12.1 Å². The highest BCUT2D eigenvalue weighted by Crippen LogP contribution is 2.30. The van der Waals surface area contributed by atoms with Crippen LogP contribution in [0.15, 0.2) is 48.5 Å². The highest BCUT2D eigenvalue weighted by molar-refractivity contribution is 6.36. The Morgan fingerprint density at radius 1 is 0.950 bits per heavy atom. The summed E-state index contributed by atoms with van der Waals surface area (Å²) in [6, 6.07) is 15.5. The lowest BCUT2D eigenvalue weighted by Gasteiger charge is -2.23. The summed E-state index contributed by atoms with van der Waals surface area (Å²) in [6.45, 7) is 2.08. The van der Waals surface area contributed by atoms with Crippen molar-refractivity contribution in [3.63, 3.8) is 0 Å². The Morgan fingerprint density at radius 3 is 2.10 bits per heavy atom. The van der Waals surface area contributed by atoms with Crippen LogP contribution >= 0.6 is 23.2 Å². The normalized spacial score (nSPS) is 14.0. The summed E-state index contributed by atoms with van der Waals surface area (Å²) < 4.78 is 0. The molecule has 2 rings (SSSR count). The van der Waals surface area contributed by atoms with Crippen LogP contribution in [-0.2, 0) is 6.42 Å². The fraction of sp³-hybridized carbons (Fsp3) is 0.294. The average molecular weight is 309 g/mol. The molecule has 1 nitrogen and oxygen atoms in total. The fourth-order valence-electron chi connectivity index (χ4n) is 2.51. The molecule has 106 valence electrons. The van der Waals surface area contributed by atoms with Crippen LogP contribution in [0.5, 0.6) is 0 Å². The Bertz CT molecular complexity index is 534. The molecule has 0 aliphatic rings. The second-order valence-corrected chi connectivity index (χ2v) is 5.71. The SMILES string of the molecule is CCC(c1ccccc1)C(O)Cc1c(Cl)cccc1Cl. The topological polar surface area (TPSA) is 20.2 Å². The van der Waals surface area contributed by atoms with Gasteiger partial charge in [-0.15, -0.1) is 0 Å². The van der Waals surface area contributed by atoms with E-state index in [0.717, 1.165) is 17.5 Å². The van der Waals surface area contributed by atoms with Crippen molar-refractivity contribution >= 4 is 23.2 Å². The maximum absolute atomic E-state index is 10.5. The first kappa shape index (κ1) is 15.4. The summed E-state index contributed by atoms with van der Waals surface area (Å²) in [5, 5.41) is 11.8. The molecule has 0 spiro atoms. The third kappa shape index (κ3) is 3.54. The van der Waals surface area contributed by atoms with Gasteiger partial charge in [-0.3, -0.25) is 0 Å². The molecule has 1 N–H and O–H groups in total. The molecule has 0 heterocycles. The number of aliphatic hydroxyl groups is 1. The molecule has 2 atom stereocenters. The van der Waals surface area contributed by atoms with E-state index in [9.17, 15) is 5.11 Å². The predicted molar refractivity (Wildman–Crippen MR) is 85.6 cm³/mol. The van der Waals surface area contributed by atoms with Gasteiger partial charge in [0.2, 0.25) is 0 Å². The van der Waals surface area contributed by atoms with Gasteiger partial charge in [0.25, 0.3) is 0 Å². The van der Waals surface area contributed by atoms with E-state index in [1.165, 1.54) is 0 Å². The number of halogens is 2. The summed E-state index contributed by atoms with van der Waals surface area (Å²) in [5.41, 5.74) is 1.96. The summed E-state index contributed by atoms with van der Waals surface area (Å²) in [6.07, 6.45) is 0.832. The Balaban J connectivity index is 2.20. The average Bonchev–Trinajstić information content (AvgIpc) is 2.45. The van der Waals surface area contributed by atoms with Gasteiger partial charge in [0.1, 0.15) is 0 Å². The molecular weight excluding hydrogens is 291 g/mol. The molecule has 0 saturated heterocycles. The third-order valence-electron chi connectivity index (χ3n) is 3.61. The number of hydrogen-bond donors (Lipinski definition) is 1. The molecule has 2 aromatic carbocycles. The minimum Gasteiger partial charge on any atom is -0.392 e. The smallest absolute Gasteiger partial charge is 0.0649 e. The Morgan fingerprint density at radius 2 is 1.55 bits per heavy atom. The maximum atomic E-state index is 10.5. The molecule has 0 aromatic heterocycles. The molecule has 0 saturated carbocycles. The Labute approximate surface area is 130 Å². The van der Waals surface area contributed by atoms with Crippen molar-refractivity contribution in [2.45, 2.75) is 31.8 Å². The van der Waals surface area contributed by atoms with Gasteiger partial charge < -0.3 is 5.11 Å². The van der Waals surface area contributed by atoms with Crippen LogP contribution in [0.25, 0.3) is 0 Å². The fourth-order valence-corrected chi connectivity index (χ4v) is 3.06. The van der Waals surface area contributed by atoms with Gasteiger partial charge in [-0.25, -0.2) is 0 Å². The number of rotatable bonds is 5. The molecule has 0 aliphatic heterocycles. The maximum Gasteiger partial charge on any atom is 0.0649 e. The summed E-state index contributed by atoms with van der Waals surface area (Å²) in [7, 11) is 0. The lowest BCUT2D eigenvalue weighted by molar-refractivity contribution is 0.141. The van der Waals surface area contributed by atoms with Gasteiger partial charge in [-0.1, -0.05) is 66.5 Å². The highest BCUT2D eigenvalue weighted by Gasteiger charge is 2.21. The van der Waals surface area contributed by atoms with Crippen LogP contribution in [0.2, 0.25) is 10.0 Å². The number of aliphatic hydroxyl groups excluding tert-OH is 1. The van der Waals surface area contributed by atoms with Crippen LogP contribution in [0.3, 0.4) is 0 Å². The van der Waals surface area contributed by atoms with E-state index in [1.807, 2.05) is 36.4 Å². The predicted octanol–water partition coefficient (Wildman–Crippen LogP) is 5.09. The summed E-state index contributed by atoms with van der Waals surface area (Å²) in [4.78, 5) is 0. The van der Waals surface area contributed by atoms with E-state index in [2.05, 4.69) is 6.92 Å². The molecule has 0 aliphatic carbocycles. The van der Waals surface area contributed by atoms with E-state index >= 15 is 0 Å². The van der Waals surface area contributed by atoms with Gasteiger partial charge in [-0.2, -0.15) is 0 Å². The summed E-state index contributed by atoms with van der Waals surface area (Å²) in [5.74, 6) is 0.0866. The van der Waals surface area contributed by atoms with Gasteiger partial charge in [0, 0.05) is 22.4 Å². The van der Waals surface area contributed by atoms with Gasteiger partial charge in [0.15, 0.2) is 0 Å². The first-order valence-corrected chi connectivity index (χ1v) is 7.55. The molecule has 0 amide bonds. The van der Waals surface area contributed by atoms with Crippen LogP contribution < -0.4 is 0 Å². The third-order valence-corrected chi connectivity index (χ3v) is 4.32. The van der Waals surface area contributed by atoms with Crippen molar-refractivity contribution in [3.8, 4) is 0 Å². The zero-order valence-corrected chi connectivity index (χ0v) is 12.9. The number of hydrogen-bond acceptors (Lipinski definition) is 1. The summed E-state index contributed by atoms with van der Waals surface area (Å²) >= 11 is 12.3. The second kappa shape index (κ2) is 7.12. The first-order valence-electron chi connectivity index (χ1n) is 6.79. The standard InChI is InChI=1S/C17H18Cl2O/c1-2-13(12-7-4-3-5-8-12)17(20)11-14-15(18)9-6-10-16(14)19/h3-10,13,17,20H,2,11H2,1H3. The van der Waals surface area contributed by atoms with Gasteiger partial charge in [0.05, 0.1) is 6.10 Å². The first-order chi connectivity index (χ1) is 9.63. The quantitative estimate of drug-likeness (QED) is 0.815. The van der Waals surface area contributed by atoms with E-state index in [0.29, 0.717) is 16.5 Å². The molecular formula is C17H18Cl2O. The lowest BCUT2D eigenvalue weighted by atomic mass is 9.88. The zero-order valence-electron chi connectivity index (χ0n) is 11.4. The van der Waals surface area contributed by atoms with Crippen LogP contribution in [0, 0.1) is 0 Å². The van der Waals surface area contributed by atoms with Crippen LogP contribution in [-0.4, -0.2) is 11.2 Å². The van der Waals surface area contributed by atoms with Crippen LogP contribution in [0.4, 0.5) is 0 Å². The molecule has 0 radical (unpaired) electrons. The van der Waals surface area contributed by atoms with Crippen molar-refractivity contribution in [3.05, 3.63) is 69.7 Å². The van der Waals surface area contributed by atoms with Crippen molar-refractivity contribution < 1.29 is 5.11 Å². The highest BCUT2D eigenvalue weighted by atomic mass is 35.5. The largest absolute Gasteiger partial charge is 0.392 e. The Hall–Kier alpha value is -1.02. The molecule has 0 bridgehead atoms. The molecule has 20 heavy (non-hydrogen) atoms. The van der Waals surface area contributed by atoms with E-state index in [-0.39, 0.29) is 5.92 Å². The minimum absolute atomic E-state index is 0.0866. The minimum atomic E-state index is -0.500. The number of benzene rings is 2. The van der Waals surface area contributed by atoms with E-state index < -0.39 is 6.10 Å². The molecule has 3 heteroatoms. The lowest BCUT2D eigenvalue weighted by Crippen LogP contribution is -2.21. The molecule has 0 fully saturated rings. The van der Waals surface area contributed by atoms with Crippen molar-refractivity contribution in [1.29, 1.82) is 0 Å². The van der Waals surface area contributed by atoms with Crippen LogP contribution in [0.1, 0.15) is 30.4 Å². The second-order valence-electron chi connectivity index (χ2n) is 4.90. The van der Waals surface area contributed by atoms with Crippen molar-refractivity contribution in [1.82, 2.24) is 0 Å². The molecule has 2 unspecified atom stereocenters. The van der Waals surface area contributed by atoms with Gasteiger partial charge >= 0.3 is 0 Å². The Kier molecular flexibility index (Phi) is 5.47. The van der Waals surface area contributed by atoms with E-state index in [4.69, 9.17) is 23.2 Å². The van der Waals surface area contributed by atoms with Crippen molar-refractivity contribution in [2.75, 3.05) is 0 Å².